The minimum absolute atomic E-state index is 0.166. The van der Waals surface area contributed by atoms with E-state index in [1.807, 2.05) is 13.0 Å². The largest absolute Gasteiger partial charge is 0.296 e. The lowest BCUT2D eigenvalue weighted by Gasteiger charge is -2.55. The molecule has 6 rings (SSSR count). The Kier molecular flexibility index (Phi) is 3.45. The molecule has 0 aliphatic heterocycles. The Morgan fingerprint density at radius 3 is 2.40 bits per heavy atom. The number of amides is 1. The van der Waals surface area contributed by atoms with Crippen LogP contribution >= 0.6 is 11.3 Å². The third-order valence-electron chi connectivity index (χ3n) is 6.31. The highest BCUT2D eigenvalue weighted by atomic mass is 32.1. The van der Waals surface area contributed by atoms with Gasteiger partial charge in [0.05, 0.1) is 5.56 Å². The maximum absolute atomic E-state index is 12.4. The fourth-order valence-corrected chi connectivity index (χ4v) is 6.59. The molecule has 2 heterocycles. The quantitative estimate of drug-likeness (QED) is 0.906. The maximum atomic E-state index is 12.4. The number of nitrogens with one attached hydrogen (secondary N) is 1. The van der Waals surface area contributed by atoms with E-state index in [0.29, 0.717) is 10.7 Å². The summed E-state index contributed by atoms with van der Waals surface area (Å²) in [4.78, 5) is 16.6. The number of aromatic nitrogens is 3. The van der Waals surface area contributed by atoms with Crippen molar-refractivity contribution >= 4 is 22.4 Å². The molecule has 4 saturated carbocycles. The third kappa shape index (κ3) is 2.67. The van der Waals surface area contributed by atoms with E-state index < -0.39 is 0 Å². The summed E-state index contributed by atoms with van der Waals surface area (Å²) in [6.07, 6.45) is 9.66. The van der Waals surface area contributed by atoms with Crippen LogP contribution in [0.1, 0.15) is 59.6 Å². The summed E-state index contributed by atoms with van der Waals surface area (Å²) in [5, 5.41) is 13.4. The lowest BCUT2D eigenvalue weighted by molar-refractivity contribution is -0.00555. The van der Waals surface area contributed by atoms with E-state index in [9.17, 15) is 4.79 Å². The van der Waals surface area contributed by atoms with Gasteiger partial charge in [-0.2, -0.15) is 0 Å². The van der Waals surface area contributed by atoms with Crippen LogP contribution in [0.4, 0.5) is 5.13 Å². The van der Waals surface area contributed by atoms with Crippen LogP contribution in [0.5, 0.6) is 0 Å². The first-order valence-corrected chi connectivity index (χ1v) is 9.99. The molecule has 4 aliphatic rings. The number of carbonyl (C=O) groups is 1. The Morgan fingerprint density at radius 2 is 1.80 bits per heavy atom. The van der Waals surface area contributed by atoms with Crippen molar-refractivity contribution in [1.29, 1.82) is 0 Å². The van der Waals surface area contributed by atoms with Gasteiger partial charge in [-0.15, -0.1) is 10.2 Å². The molecule has 4 bridgehead atoms. The molecule has 5 nitrogen and oxygen atoms in total. The van der Waals surface area contributed by atoms with Crippen molar-refractivity contribution in [2.45, 2.75) is 50.9 Å². The van der Waals surface area contributed by atoms with E-state index in [1.54, 1.807) is 23.6 Å². The molecule has 0 saturated heterocycles. The molecule has 0 radical (unpaired) electrons. The van der Waals surface area contributed by atoms with Gasteiger partial charge >= 0.3 is 0 Å². The van der Waals surface area contributed by atoms with Gasteiger partial charge in [-0.25, -0.2) is 0 Å². The predicted molar refractivity (Wildman–Crippen MR) is 96.7 cm³/mol. The molecule has 2 aromatic rings. The van der Waals surface area contributed by atoms with Crippen LogP contribution < -0.4 is 5.32 Å². The highest BCUT2D eigenvalue weighted by molar-refractivity contribution is 7.15. The zero-order valence-electron chi connectivity index (χ0n) is 14.4. The van der Waals surface area contributed by atoms with Crippen LogP contribution in [0.25, 0.3) is 0 Å². The smallest absolute Gasteiger partial charge is 0.259 e. The molecule has 130 valence electrons. The first-order chi connectivity index (χ1) is 12.1. The zero-order chi connectivity index (χ0) is 17.0. The van der Waals surface area contributed by atoms with Crippen molar-refractivity contribution in [3.63, 3.8) is 0 Å². The fourth-order valence-electron chi connectivity index (χ4n) is 5.63. The van der Waals surface area contributed by atoms with Crippen molar-refractivity contribution < 1.29 is 4.79 Å². The number of anilines is 1. The summed E-state index contributed by atoms with van der Waals surface area (Å²) in [7, 11) is 0. The van der Waals surface area contributed by atoms with Gasteiger partial charge in [0, 0.05) is 17.3 Å². The van der Waals surface area contributed by atoms with Crippen LogP contribution in [-0.2, 0) is 5.41 Å². The number of carbonyl (C=O) groups excluding carboxylic acids is 1. The zero-order valence-corrected chi connectivity index (χ0v) is 15.2. The normalized spacial score (nSPS) is 32.8. The van der Waals surface area contributed by atoms with Crippen molar-refractivity contribution in [1.82, 2.24) is 15.2 Å². The summed E-state index contributed by atoms with van der Waals surface area (Å²) in [5.74, 6) is 2.48. The molecule has 0 unspecified atom stereocenters. The van der Waals surface area contributed by atoms with E-state index in [2.05, 4.69) is 20.5 Å². The molecule has 0 spiro atoms. The summed E-state index contributed by atoms with van der Waals surface area (Å²) in [6, 6.07) is 3.63. The van der Waals surface area contributed by atoms with E-state index in [0.717, 1.165) is 28.5 Å². The van der Waals surface area contributed by atoms with Gasteiger partial charge < -0.3 is 0 Å². The van der Waals surface area contributed by atoms with Gasteiger partial charge in [-0.05, 0) is 75.3 Å². The van der Waals surface area contributed by atoms with Crippen LogP contribution in [0.3, 0.4) is 0 Å². The molecule has 2 aromatic heterocycles. The molecule has 1 N–H and O–H groups in total. The SMILES string of the molecule is Cc1ccc(C(=O)Nc2nnc(C34CC5CC(CC(C5)C3)C4)s2)cn1. The average Bonchev–Trinajstić information content (AvgIpc) is 3.03. The van der Waals surface area contributed by atoms with Crippen molar-refractivity contribution in [2.75, 3.05) is 5.32 Å². The molecule has 25 heavy (non-hydrogen) atoms. The Morgan fingerprint density at radius 1 is 1.12 bits per heavy atom. The minimum atomic E-state index is -0.166. The number of hydrogen-bond donors (Lipinski definition) is 1. The average molecular weight is 354 g/mol. The Hall–Kier alpha value is -1.82. The highest BCUT2D eigenvalue weighted by Crippen LogP contribution is 2.61. The molecule has 4 fully saturated rings. The molecule has 0 atom stereocenters. The third-order valence-corrected chi connectivity index (χ3v) is 7.40. The van der Waals surface area contributed by atoms with Gasteiger partial charge in [-0.1, -0.05) is 11.3 Å². The molecule has 0 aromatic carbocycles. The number of hydrogen-bond acceptors (Lipinski definition) is 5. The van der Waals surface area contributed by atoms with E-state index in [4.69, 9.17) is 0 Å². The second-order valence-corrected chi connectivity index (χ2v) is 9.23. The van der Waals surface area contributed by atoms with Crippen molar-refractivity contribution in [2.24, 2.45) is 17.8 Å². The molecular formula is C19H22N4OS. The van der Waals surface area contributed by atoms with Gasteiger partial charge in [0.1, 0.15) is 5.01 Å². The number of aryl methyl sites for hydroxylation is 1. The van der Waals surface area contributed by atoms with Crippen LogP contribution in [-0.4, -0.2) is 21.1 Å². The Labute approximate surface area is 151 Å². The molecular weight excluding hydrogens is 332 g/mol. The van der Waals surface area contributed by atoms with Crippen molar-refractivity contribution in [3.8, 4) is 0 Å². The van der Waals surface area contributed by atoms with Gasteiger partial charge in [0.15, 0.2) is 0 Å². The van der Waals surface area contributed by atoms with Crippen molar-refractivity contribution in [3.05, 3.63) is 34.6 Å². The van der Waals surface area contributed by atoms with E-state index in [1.165, 1.54) is 38.5 Å². The van der Waals surface area contributed by atoms with E-state index in [-0.39, 0.29) is 11.3 Å². The van der Waals surface area contributed by atoms with Gasteiger partial charge in [-0.3, -0.25) is 15.1 Å². The standard InChI is InChI=1S/C19H22N4OS/c1-11-2-3-15(10-20-11)16(24)21-18-23-22-17(25-18)19-7-12-4-13(8-19)6-14(5-12)9-19/h2-3,10,12-14H,4-9H2,1H3,(H,21,23,24). The maximum Gasteiger partial charge on any atom is 0.259 e. The predicted octanol–water partition coefficient (Wildman–Crippen LogP) is 3.96. The Bertz CT molecular complexity index is 778. The Balaban J connectivity index is 1.35. The number of nitrogens with zero attached hydrogens (tertiary/aromatic N) is 3. The van der Waals surface area contributed by atoms with Gasteiger partial charge in [0.2, 0.25) is 5.13 Å². The van der Waals surface area contributed by atoms with Gasteiger partial charge in [0.25, 0.3) is 5.91 Å². The molecule has 1 amide bonds. The molecule has 4 aliphatic carbocycles. The topological polar surface area (TPSA) is 67.8 Å². The monoisotopic (exact) mass is 354 g/mol. The summed E-state index contributed by atoms with van der Waals surface area (Å²) in [5.41, 5.74) is 1.69. The lowest BCUT2D eigenvalue weighted by atomic mass is 9.50. The first-order valence-electron chi connectivity index (χ1n) is 9.18. The highest BCUT2D eigenvalue weighted by Gasteiger charge is 2.53. The first kappa shape index (κ1) is 15.4. The summed E-state index contributed by atoms with van der Waals surface area (Å²) >= 11 is 1.57. The summed E-state index contributed by atoms with van der Waals surface area (Å²) < 4.78 is 0. The van der Waals surface area contributed by atoms with Crippen LogP contribution in [0.2, 0.25) is 0 Å². The minimum Gasteiger partial charge on any atom is -0.296 e. The number of pyridine rings is 1. The second kappa shape index (κ2) is 5.59. The lowest BCUT2D eigenvalue weighted by Crippen LogP contribution is -2.48. The second-order valence-electron chi connectivity index (χ2n) is 8.25. The van der Waals surface area contributed by atoms with Crippen LogP contribution in [0.15, 0.2) is 18.3 Å². The summed E-state index contributed by atoms with van der Waals surface area (Å²) in [6.45, 7) is 1.91. The fraction of sp³-hybridized carbons (Fsp3) is 0.579. The van der Waals surface area contributed by atoms with Crippen LogP contribution in [0, 0.1) is 24.7 Å². The van der Waals surface area contributed by atoms with E-state index >= 15 is 0 Å². The molecule has 6 heteroatoms. The number of rotatable bonds is 3.